The highest BCUT2D eigenvalue weighted by molar-refractivity contribution is 5.80. The summed E-state index contributed by atoms with van der Waals surface area (Å²) < 4.78 is 7.88. The minimum absolute atomic E-state index is 0.164. The normalized spacial score (nSPS) is 25.2. The zero-order chi connectivity index (χ0) is 20.1. The van der Waals surface area contributed by atoms with Crippen LogP contribution in [0.1, 0.15) is 30.9 Å². The van der Waals surface area contributed by atoms with Crippen molar-refractivity contribution in [2.24, 2.45) is 18.0 Å². The fourth-order valence-electron chi connectivity index (χ4n) is 4.37. The Kier molecular flexibility index (Phi) is 6.34. The summed E-state index contributed by atoms with van der Waals surface area (Å²) in [5, 5.41) is 11.5. The van der Waals surface area contributed by atoms with Gasteiger partial charge in [-0.3, -0.25) is 9.67 Å². The van der Waals surface area contributed by atoms with E-state index in [-0.39, 0.29) is 6.10 Å². The van der Waals surface area contributed by atoms with Crippen molar-refractivity contribution in [3.05, 3.63) is 48.3 Å². The molecule has 0 spiro atoms. The van der Waals surface area contributed by atoms with E-state index >= 15 is 0 Å². The highest BCUT2D eigenvalue weighted by Crippen LogP contribution is 2.33. The largest absolute Gasteiger partial charge is 0.373 e. The molecule has 156 valence electrons. The van der Waals surface area contributed by atoms with Crippen LogP contribution in [-0.4, -0.2) is 55.1 Å². The molecule has 1 aromatic carbocycles. The summed E-state index contributed by atoms with van der Waals surface area (Å²) in [5.74, 6) is 1.33. The third-order valence-electron chi connectivity index (χ3n) is 5.92. The lowest BCUT2D eigenvalue weighted by atomic mass is 9.95. The molecule has 0 bridgehead atoms. The number of aromatic nitrogens is 2. The summed E-state index contributed by atoms with van der Waals surface area (Å²) in [7, 11) is 3.81. The molecule has 2 aliphatic rings. The van der Waals surface area contributed by atoms with E-state index in [0.717, 1.165) is 51.5 Å². The van der Waals surface area contributed by atoms with Crippen molar-refractivity contribution in [1.82, 2.24) is 20.4 Å². The molecule has 1 aromatic heterocycles. The molecule has 3 atom stereocenters. The molecule has 2 N–H and O–H groups in total. The van der Waals surface area contributed by atoms with Crippen LogP contribution in [0.4, 0.5) is 5.69 Å². The summed E-state index contributed by atoms with van der Waals surface area (Å²) in [5.41, 5.74) is 2.45. The number of benzene rings is 1. The van der Waals surface area contributed by atoms with Gasteiger partial charge in [0.1, 0.15) is 0 Å². The molecule has 0 radical (unpaired) electrons. The van der Waals surface area contributed by atoms with Crippen LogP contribution in [0.25, 0.3) is 0 Å². The Bertz CT molecular complexity index is 805. The van der Waals surface area contributed by atoms with E-state index in [4.69, 9.17) is 4.74 Å². The zero-order valence-corrected chi connectivity index (χ0v) is 17.4. The first-order valence-corrected chi connectivity index (χ1v) is 10.6. The summed E-state index contributed by atoms with van der Waals surface area (Å²) in [4.78, 5) is 6.86. The number of hydrogen-bond acceptors (Lipinski definition) is 4. The second-order valence-corrected chi connectivity index (χ2v) is 8.01. The van der Waals surface area contributed by atoms with Crippen molar-refractivity contribution < 1.29 is 4.74 Å². The molecule has 0 aliphatic carbocycles. The minimum atomic E-state index is 0.164. The van der Waals surface area contributed by atoms with Crippen molar-refractivity contribution in [2.75, 3.05) is 38.2 Å². The maximum Gasteiger partial charge on any atom is 0.191 e. The second-order valence-electron chi connectivity index (χ2n) is 8.01. The van der Waals surface area contributed by atoms with Crippen molar-refractivity contribution in [3.63, 3.8) is 0 Å². The van der Waals surface area contributed by atoms with Gasteiger partial charge in [-0.05, 0) is 24.8 Å². The van der Waals surface area contributed by atoms with Crippen LogP contribution in [0.2, 0.25) is 0 Å². The number of ether oxygens (including phenoxy) is 1. The van der Waals surface area contributed by atoms with Gasteiger partial charge in [0.2, 0.25) is 0 Å². The second kappa shape index (κ2) is 9.31. The van der Waals surface area contributed by atoms with E-state index in [9.17, 15) is 0 Å². The fraction of sp³-hybridized carbons (Fsp3) is 0.545. The van der Waals surface area contributed by atoms with Gasteiger partial charge in [0.05, 0.1) is 18.0 Å². The first-order chi connectivity index (χ1) is 14.2. The first-order valence-electron chi connectivity index (χ1n) is 10.6. The molecule has 4 rings (SSSR count). The van der Waals surface area contributed by atoms with Crippen LogP contribution in [-0.2, 0) is 11.8 Å². The number of piperidine rings is 1. The van der Waals surface area contributed by atoms with Gasteiger partial charge >= 0.3 is 0 Å². The monoisotopic (exact) mass is 396 g/mol. The molecule has 2 aromatic rings. The Labute approximate surface area is 173 Å². The standard InChI is InChI=1S/C22H32N6O/c1-23-22(24-13-18-10-12-29-21(18)17-7-4-3-5-8-17)26-19-9-6-11-28(15-19)20-14-25-27(2)16-20/h3-5,7-8,14,16,18-19,21H,6,9-13,15H2,1-2H3,(H2,23,24,26). The highest BCUT2D eigenvalue weighted by Gasteiger charge is 2.30. The Balaban J connectivity index is 1.30. The first kappa shape index (κ1) is 19.8. The average molecular weight is 397 g/mol. The maximum atomic E-state index is 6.02. The lowest BCUT2D eigenvalue weighted by Crippen LogP contribution is -2.51. The lowest BCUT2D eigenvalue weighted by molar-refractivity contribution is 0.0915. The van der Waals surface area contributed by atoms with Crippen LogP contribution in [0.5, 0.6) is 0 Å². The van der Waals surface area contributed by atoms with Gasteiger partial charge in [0, 0.05) is 58.5 Å². The number of guanidine groups is 1. The van der Waals surface area contributed by atoms with E-state index in [1.54, 1.807) is 0 Å². The number of nitrogens with zero attached hydrogens (tertiary/aromatic N) is 4. The predicted molar refractivity (Wildman–Crippen MR) is 116 cm³/mol. The van der Waals surface area contributed by atoms with Gasteiger partial charge in [-0.2, -0.15) is 5.10 Å². The maximum absolute atomic E-state index is 6.02. The van der Waals surface area contributed by atoms with Crippen LogP contribution in [0.3, 0.4) is 0 Å². The number of aliphatic imine (C=N–C) groups is 1. The SMILES string of the molecule is CN=C(NCC1CCOC1c1ccccc1)NC1CCCN(c2cnn(C)c2)C1. The quantitative estimate of drug-likeness (QED) is 0.600. The molecular weight excluding hydrogens is 364 g/mol. The fourth-order valence-corrected chi connectivity index (χ4v) is 4.37. The molecule has 3 heterocycles. The molecule has 0 saturated carbocycles. The Morgan fingerprint density at radius 3 is 2.90 bits per heavy atom. The topological polar surface area (TPSA) is 66.7 Å². The minimum Gasteiger partial charge on any atom is -0.373 e. The van der Waals surface area contributed by atoms with E-state index in [1.807, 2.05) is 25.0 Å². The van der Waals surface area contributed by atoms with Gasteiger partial charge in [0.25, 0.3) is 0 Å². The number of anilines is 1. The highest BCUT2D eigenvalue weighted by atomic mass is 16.5. The van der Waals surface area contributed by atoms with Gasteiger partial charge in [-0.25, -0.2) is 0 Å². The molecule has 3 unspecified atom stereocenters. The molecule has 2 fully saturated rings. The zero-order valence-electron chi connectivity index (χ0n) is 17.4. The summed E-state index contributed by atoms with van der Waals surface area (Å²) >= 11 is 0. The molecule has 7 heteroatoms. The molecule has 7 nitrogen and oxygen atoms in total. The number of hydrogen-bond donors (Lipinski definition) is 2. The van der Waals surface area contributed by atoms with E-state index < -0.39 is 0 Å². The predicted octanol–water partition coefficient (Wildman–Crippen LogP) is 2.33. The van der Waals surface area contributed by atoms with Gasteiger partial charge in [-0.1, -0.05) is 30.3 Å². The van der Waals surface area contributed by atoms with E-state index in [1.165, 1.54) is 11.3 Å². The summed E-state index contributed by atoms with van der Waals surface area (Å²) in [6.45, 7) is 3.72. The van der Waals surface area contributed by atoms with Crippen LogP contribution >= 0.6 is 0 Å². The number of aryl methyl sites for hydroxylation is 1. The summed E-state index contributed by atoms with van der Waals surface area (Å²) in [6.07, 6.45) is 7.57. The third kappa shape index (κ3) is 4.90. The molecule has 2 aliphatic heterocycles. The van der Waals surface area contributed by atoms with Gasteiger partial charge in [0.15, 0.2) is 5.96 Å². The van der Waals surface area contributed by atoms with E-state index in [0.29, 0.717) is 12.0 Å². The van der Waals surface area contributed by atoms with E-state index in [2.05, 4.69) is 62.2 Å². The van der Waals surface area contributed by atoms with Gasteiger partial charge < -0.3 is 20.3 Å². The molecule has 2 saturated heterocycles. The Morgan fingerprint density at radius 1 is 1.28 bits per heavy atom. The van der Waals surface area contributed by atoms with Crippen LogP contribution in [0, 0.1) is 5.92 Å². The van der Waals surface area contributed by atoms with Crippen LogP contribution in [0.15, 0.2) is 47.7 Å². The third-order valence-corrected chi connectivity index (χ3v) is 5.92. The van der Waals surface area contributed by atoms with Crippen molar-refractivity contribution in [3.8, 4) is 0 Å². The lowest BCUT2D eigenvalue weighted by Gasteiger charge is -2.34. The van der Waals surface area contributed by atoms with Crippen molar-refractivity contribution in [2.45, 2.75) is 31.4 Å². The number of rotatable bonds is 5. The Morgan fingerprint density at radius 2 is 2.14 bits per heavy atom. The smallest absolute Gasteiger partial charge is 0.191 e. The molecule has 29 heavy (non-hydrogen) atoms. The molecule has 0 amide bonds. The number of nitrogens with one attached hydrogen (secondary N) is 2. The van der Waals surface area contributed by atoms with Crippen molar-refractivity contribution in [1.29, 1.82) is 0 Å². The van der Waals surface area contributed by atoms with Crippen molar-refractivity contribution >= 4 is 11.6 Å². The van der Waals surface area contributed by atoms with Crippen LogP contribution < -0.4 is 15.5 Å². The summed E-state index contributed by atoms with van der Waals surface area (Å²) in [6, 6.07) is 10.9. The Hall–Kier alpha value is -2.54. The molecular formula is C22H32N6O. The average Bonchev–Trinajstić information content (AvgIpc) is 3.41. The van der Waals surface area contributed by atoms with Gasteiger partial charge in [-0.15, -0.1) is 0 Å².